The summed E-state index contributed by atoms with van der Waals surface area (Å²) in [6, 6.07) is 29.5. The van der Waals surface area contributed by atoms with Crippen molar-refractivity contribution in [2.45, 2.75) is 12.8 Å². The van der Waals surface area contributed by atoms with E-state index in [9.17, 15) is 4.79 Å². The van der Waals surface area contributed by atoms with Gasteiger partial charge in [-0.25, -0.2) is 4.98 Å². The van der Waals surface area contributed by atoms with Crippen LogP contribution in [-0.2, 0) is 0 Å². The maximum Gasteiger partial charge on any atom is 0.252 e. The number of unbranched alkanes of at least 4 members (excludes halogenated alkanes) is 1. The van der Waals surface area contributed by atoms with E-state index in [0.29, 0.717) is 12.1 Å². The first-order chi connectivity index (χ1) is 16.2. The second-order valence-corrected chi connectivity index (χ2v) is 12.5. The molecule has 0 aliphatic carbocycles. The van der Waals surface area contributed by atoms with Crippen molar-refractivity contribution in [1.82, 2.24) is 15.3 Å². The molecule has 0 unspecified atom stereocenters. The van der Waals surface area contributed by atoms with Gasteiger partial charge in [0.2, 0.25) is 0 Å². The van der Waals surface area contributed by atoms with Gasteiger partial charge in [-0.1, -0.05) is 36.4 Å². The fourth-order valence-electron chi connectivity index (χ4n) is 4.07. The molecule has 4 aromatic rings. The van der Waals surface area contributed by atoms with Crippen LogP contribution in [0.15, 0.2) is 104 Å². The van der Waals surface area contributed by atoms with Crippen LogP contribution in [0, 0.1) is 3.70 Å². The lowest BCUT2D eigenvalue weighted by atomic mass is 10.2. The number of carbonyl (C=O) groups excluding carboxylic acids is 1. The lowest BCUT2D eigenvalue weighted by molar-refractivity contribution is 0.0953. The van der Waals surface area contributed by atoms with Crippen LogP contribution in [0.5, 0.6) is 0 Å². The lowest BCUT2D eigenvalue weighted by Gasteiger charge is -2.27. The van der Waals surface area contributed by atoms with Crippen molar-refractivity contribution >= 4 is 51.7 Å². The van der Waals surface area contributed by atoms with Gasteiger partial charge in [-0.05, 0) is 84.0 Å². The largest absolute Gasteiger partial charge is 0.352 e. The Morgan fingerprint density at radius 2 is 1.45 bits per heavy atom. The van der Waals surface area contributed by atoms with Gasteiger partial charge < -0.3 is 5.32 Å². The first kappa shape index (κ1) is 23.5. The third kappa shape index (κ3) is 5.66. The third-order valence-corrected chi connectivity index (χ3v) is 10.8. The van der Waals surface area contributed by atoms with Crippen molar-refractivity contribution < 1.29 is 4.79 Å². The number of carbonyl (C=O) groups is 1. The summed E-state index contributed by atoms with van der Waals surface area (Å²) in [7, 11) is -1.87. The normalized spacial score (nSPS) is 11.2. The number of hydrogen-bond acceptors (Lipinski definition) is 3. The molecule has 0 radical (unpaired) electrons. The van der Waals surface area contributed by atoms with Crippen molar-refractivity contribution in [2.24, 2.45) is 0 Å². The molecule has 6 heteroatoms. The monoisotopic (exact) mass is 563 g/mol. The van der Waals surface area contributed by atoms with E-state index in [4.69, 9.17) is 0 Å². The van der Waals surface area contributed by atoms with Gasteiger partial charge in [0.15, 0.2) is 0 Å². The minimum absolute atomic E-state index is 0.0710. The third-order valence-electron chi connectivity index (χ3n) is 5.68. The van der Waals surface area contributed by atoms with Crippen LogP contribution in [0.4, 0.5) is 0 Å². The molecule has 0 atom stereocenters. The van der Waals surface area contributed by atoms with Gasteiger partial charge in [-0.3, -0.25) is 9.78 Å². The molecule has 2 heterocycles. The number of rotatable bonds is 9. The van der Waals surface area contributed by atoms with Gasteiger partial charge >= 0.3 is 0 Å². The Hall–Kier alpha value is -2.63. The summed E-state index contributed by atoms with van der Waals surface area (Å²) in [5, 5.41) is 7.05. The Labute approximate surface area is 209 Å². The molecular formula is C27H26IN3OP+. The van der Waals surface area contributed by atoms with Gasteiger partial charge in [0, 0.05) is 18.9 Å². The first-order valence-electron chi connectivity index (χ1n) is 11.0. The number of nitrogens with zero attached hydrogens (tertiary/aromatic N) is 2. The van der Waals surface area contributed by atoms with Crippen LogP contribution in [0.3, 0.4) is 0 Å². The van der Waals surface area contributed by atoms with Crippen LogP contribution < -0.4 is 21.2 Å². The van der Waals surface area contributed by atoms with Gasteiger partial charge in [-0.2, -0.15) is 0 Å². The second kappa shape index (κ2) is 11.5. The molecule has 0 aliphatic rings. The van der Waals surface area contributed by atoms with Crippen LogP contribution in [0.1, 0.15) is 23.2 Å². The first-order valence-corrected chi connectivity index (χ1v) is 14.0. The molecule has 4 rings (SSSR count). The Morgan fingerprint density at radius 3 is 2.03 bits per heavy atom. The number of halogens is 1. The number of amides is 1. The van der Waals surface area contributed by atoms with Gasteiger partial charge in [0.25, 0.3) is 5.91 Å². The predicted molar refractivity (Wildman–Crippen MR) is 146 cm³/mol. The summed E-state index contributed by atoms with van der Waals surface area (Å²) < 4.78 is 0.877. The zero-order chi connectivity index (χ0) is 22.9. The fourth-order valence-corrected chi connectivity index (χ4v) is 8.72. The maximum absolute atomic E-state index is 12.4. The molecule has 4 nitrogen and oxygen atoms in total. The molecular weight excluding hydrogens is 537 g/mol. The molecule has 0 saturated carbocycles. The average molecular weight is 563 g/mol. The van der Waals surface area contributed by atoms with Crippen LogP contribution in [-0.4, -0.2) is 28.6 Å². The van der Waals surface area contributed by atoms with E-state index in [1.54, 1.807) is 6.20 Å². The maximum atomic E-state index is 12.4. The molecule has 2 aromatic carbocycles. The minimum Gasteiger partial charge on any atom is -0.352 e. The molecule has 0 bridgehead atoms. The molecule has 1 N–H and O–H groups in total. The van der Waals surface area contributed by atoms with E-state index >= 15 is 0 Å². The zero-order valence-electron chi connectivity index (χ0n) is 18.3. The Bertz CT molecular complexity index is 1060. The number of benzene rings is 2. The standard InChI is InChI=1S/C27H25IN3OP/c28-26-16-15-22(20-31-26)27(32)30-18-7-8-19-33(23-10-3-1-4-11-23,24-12-5-2-6-13-24)25-14-9-17-29-21-25/h1-6,9-17,20-21H,7-8,18-19H2/p+1/i28-3. The Morgan fingerprint density at radius 1 is 0.788 bits per heavy atom. The smallest absolute Gasteiger partial charge is 0.252 e. The molecule has 0 aliphatic heterocycles. The quantitative estimate of drug-likeness (QED) is 0.140. The number of aromatic nitrogens is 2. The van der Waals surface area contributed by atoms with Crippen molar-refractivity contribution in [3.05, 3.63) is 113 Å². The number of nitrogens with one attached hydrogen (secondary N) is 1. The minimum atomic E-state index is -1.87. The molecule has 166 valence electrons. The molecule has 0 spiro atoms. The highest BCUT2D eigenvalue weighted by Gasteiger charge is 2.44. The topological polar surface area (TPSA) is 54.9 Å². The molecule has 33 heavy (non-hydrogen) atoms. The van der Waals surface area contributed by atoms with Gasteiger partial charge in [-0.15, -0.1) is 0 Å². The second-order valence-electron chi connectivity index (χ2n) is 7.75. The fraction of sp³-hybridized carbons (Fsp3) is 0.148. The lowest BCUT2D eigenvalue weighted by Crippen LogP contribution is -2.34. The Kier molecular flexibility index (Phi) is 8.19. The summed E-state index contributed by atoms with van der Waals surface area (Å²) in [6.45, 7) is 0.640. The summed E-state index contributed by atoms with van der Waals surface area (Å²) in [4.78, 5) is 21.1. The van der Waals surface area contributed by atoms with Crippen LogP contribution in [0.25, 0.3) is 0 Å². The van der Waals surface area contributed by atoms with Crippen molar-refractivity contribution in [3.8, 4) is 0 Å². The highest BCUT2D eigenvalue weighted by atomic mass is 124. The van der Waals surface area contributed by atoms with E-state index in [1.807, 2.05) is 30.6 Å². The summed E-state index contributed by atoms with van der Waals surface area (Å²) >= 11 is 2.14. The van der Waals surface area contributed by atoms with Gasteiger partial charge in [0.05, 0.1) is 17.9 Å². The van der Waals surface area contributed by atoms with E-state index in [2.05, 4.69) is 105 Å². The Balaban J connectivity index is 1.53. The molecule has 0 fully saturated rings. The average Bonchev–Trinajstić information content (AvgIpc) is 2.88. The highest BCUT2D eigenvalue weighted by Crippen LogP contribution is 2.55. The van der Waals surface area contributed by atoms with Crippen molar-refractivity contribution in [1.29, 1.82) is 0 Å². The molecule has 2 aromatic heterocycles. The van der Waals surface area contributed by atoms with E-state index < -0.39 is 7.26 Å². The van der Waals surface area contributed by atoms with Crippen LogP contribution >= 0.6 is 29.9 Å². The predicted octanol–water partition coefficient (Wildman–Crippen LogP) is 4.59. The summed E-state index contributed by atoms with van der Waals surface area (Å²) in [6.07, 6.45) is 8.42. The zero-order valence-corrected chi connectivity index (χ0v) is 21.3. The molecule has 1 amide bonds. The van der Waals surface area contributed by atoms with Crippen molar-refractivity contribution in [3.63, 3.8) is 0 Å². The summed E-state index contributed by atoms with van der Waals surface area (Å²) in [5.74, 6) is -0.0710. The number of hydrogen-bond donors (Lipinski definition) is 1. The molecule has 0 saturated heterocycles. The number of pyridine rings is 2. The highest BCUT2D eigenvalue weighted by molar-refractivity contribution is 14.1. The van der Waals surface area contributed by atoms with Crippen molar-refractivity contribution in [2.75, 3.05) is 12.7 Å². The van der Waals surface area contributed by atoms with Gasteiger partial charge in [0.1, 0.15) is 26.9 Å². The van der Waals surface area contributed by atoms with Crippen LogP contribution in [0.2, 0.25) is 0 Å². The summed E-state index contributed by atoms with van der Waals surface area (Å²) in [5.41, 5.74) is 0.598. The SMILES string of the molecule is O=C(NCCCC[P+](c1ccccc1)(c1ccccc1)c1cccnc1)c1ccc([124I])nc1. The van der Waals surface area contributed by atoms with E-state index in [-0.39, 0.29) is 5.91 Å². The van der Waals surface area contributed by atoms with E-state index in [0.717, 1.165) is 22.7 Å². The van der Waals surface area contributed by atoms with E-state index in [1.165, 1.54) is 15.9 Å².